The molecule has 0 aliphatic heterocycles. The van der Waals surface area contributed by atoms with Crippen LogP contribution in [-0.4, -0.2) is 34.6 Å². The highest BCUT2D eigenvalue weighted by Crippen LogP contribution is 2.08. The van der Waals surface area contributed by atoms with E-state index < -0.39 is 5.78 Å². The van der Waals surface area contributed by atoms with Crippen molar-refractivity contribution in [1.29, 1.82) is 0 Å². The average Bonchev–Trinajstić information content (AvgIpc) is 2.45. The zero-order valence-corrected chi connectivity index (χ0v) is 12.3. The number of carbonyl (C=O) groups is 1. The van der Waals surface area contributed by atoms with Crippen LogP contribution >= 0.6 is 0 Å². The minimum Gasteiger partial charge on any atom is -0.383 e. The van der Waals surface area contributed by atoms with Crippen LogP contribution in [0.25, 0.3) is 5.69 Å². The summed E-state index contributed by atoms with van der Waals surface area (Å²) in [6.07, 6.45) is 4.49. The van der Waals surface area contributed by atoms with Crippen LogP contribution < -0.4 is 5.43 Å². The molecule has 1 heterocycles. The van der Waals surface area contributed by atoms with Gasteiger partial charge in [0.1, 0.15) is 0 Å². The number of ketones is 1. The summed E-state index contributed by atoms with van der Waals surface area (Å²) >= 11 is 0. The van der Waals surface area contributed by atoms with Gasteiger partial charge in [-0.1, -0.05) is 12.1 Å². The van der Waals surface area contributed by atoms with Crippen molar-refractivity contribution in [3.8, 4) is 5.69 Å². The van der Waals surface area contributed by atoms with Gasteiger partial charge in [0.2, 0.25) is 11.2 Å². The Labute approximate surface area is 123 Å². The number of carbonyl (C=O) groups excluding carboxylic acids is 1. The maximum Gasteiger partial charge on any atom is 0.211 e. The molecule has 0 bridgehead atoms. The van der Waals surface area contributed by atoms with Crippen LogP contribution in [0.15, 0.2) is 53.6 Å². The Hall–Kier alpha value is -2.69. The van der Waals surface area contributed by atoms with E-state index in [-0.39, 0.29) is 11.1 Å². The number of nitrogens with zero attached hydrogens (tertiary/aromatic N) is 3. The monoisotopic (exact) mass is 283 g/mol. The second-order valence-corrected chi connectivity index (χ2v) is 4.96. The molecular formula is C16H17N3O2. The van der Waals surface area contributed by atoms with E-state index >= 15 is 0 Å². The molecule has 0 radical (unpaired) electrons. The second kappa shape index (κ2) is 6.17. The first-order valence-electron chi connectivity index (χ1n) is 6.53. The molecule has 108 valence electrons. The van der Waals surface area contributed by atoms with E-state index in [2.05, 4.69) is 5.10 Å². The topological polar surface area (TPSA) is 55.2 Å². The molecule has 2 aromatic rings. The van der Waals surface area contributed by atoms with Gasteiger partial charge in [-0.2, -0.15) is 5.10 Å². The van der Waals surface area contributed by atoms with Gasteiger partial charge in [0.05, 0.1) is 5.69 Å². The second-order valence-electron chi connectivity index (χ2n) is 4.96. The fourth-order valence-corrected chi connectivity index (χ4v) is 1.79. The van der Waals surface area contributed by atoms with Gasteiger partial charge in [0, 0.05) is 38.6 Å². The number of aryl methyl sites for hydroxylation is 1. The van der Waals surface area contributed by atoms with Crippen LogP contribution in [0.1, 0.15) is 16.1 Å². The smallest absolute Gasteiger partial charge is 0.211 e. The highest BCUT2D eigenvalue weighted by atomic mass is 16.1. The summed E-state index contributed by atoms with van der Waals surface area (Å²) in [6, 6.07) is 9.03. The Morgan fingerprint density at radius 1 is 1.29 bits per heavy atom. The Balaban J connectivity index is 2.42. The van der Waals surface area contributed by atoms with Crippen molar-refractivity contribution in [3.05, 3.63) is 70.3 Å². The van der Waals surface area contributed by atoms with Gasteiger partial charge < -0.3 is 4.90 Å². The quantitative estimate of drug-likeness (QED) is 0.634. The fourth-order valence-electron chi connectivity index (χ4n) is 1.79. The highest BCUT2D eigenvalue weighted by molar-refractivity contribution is 6.02. The molecule has 0 amide bonds. The van der Waals surface area contributed by atoms with E-state index in [1.807, 2.05) is 31.2 Å². The van der Waals surface area contributed by atoms with Crippen LogP contribution in [0, 0.1) is 6.92 Å². The Kier molecular flexibility index (Phi) is 4.33. The van der Waals surface area contributed by atoms with Gasteiger partial charge in [-0.05, 0) is 24.6 Å². The van der Waals surface area contributed by atoms with E-state index in [1.54, 1.807) is 31.4 Å². The SMILES string of the molecule is Cc1cccc(-n2ccc(=O)c(C(=O)C=CN(C)C)n2)c1. The predicted octanol–water partition coefficient (Wildman–Crippen LogP) is 1.80. The van der Waals surface area contributed by atoms with Crippen LogP contribution in [0.5, 0.6) is 0 Å². The molecule has 0 atom stereocenters. The lowest BCUT2D eigenvalue weighted by atomic mass is 10.2. The molecule has 5 nitrogen and oxygen atoms in total. The summed E-state index contributed by atoms with van der Waals surface area (Å²) in [5.41, 5.74) is 1.42. The summed E-state index contributed by atoms with van der Waals surface area (Å²) in [6.45, 7) is 1.97. The number of hydrogen-bond acceptors (Lipinski definition) is 4. The van der Waals surface area contributed by atoms with Crippen molar-refractivity contribution in [2.45, 2.75) is 6.92 Å². The first kappa shape index (κ1) is 14.7. The van der Waals surface area contributed by atoms with E-state index in [1.165, 1.54) is 16.8 Å². The molecule has 0 spiro atoms. The van der Waals surface area contributed by atoms with E-state index in [0.717, 1.165) is 11.3 Å². The molecule has 0 saturated heterocycles. The third-order valence-corrected chi connectivity index (χ3v) is 2.83. The predicted molar refractivity (Wildman–Crippen MR) is 81.7 cm³/mol. The zero-order valence-electron chi connectivity index (χ0n) is 12.3. The molecule has 21 heavy (non-hydrogen) atoms. The molecule has 0 N–H and O–H groups in total. The molecule has 0 unspecified atom stereocenters. The number of aromatic nitrogens is 2. The maximum atomic E-state index is 12.0. The van der Waals surface area contributed by atoms with Crippen molar-refractivity contribution < 1.29 is 4.79 Å². The third kappa shape index (κ3) is 3.66. The van der Waals surface area contributed by atoms with Crippen LogP contribution in [-0.2, 0) is 0 Å². The van der Waals surface area contributed by atoms with E-state index in [9.17, 15) is 9.59 Å². The number of benzene rings is 1. The Morgan fingerprint density at radius 2 is 2.05 bits per heavy atom. The Bertz CT molecular complexity index is 745. The van der Waals surface area contributed by atoms with E-state index in [0.29, 0.717) is 0 Å². The lowest BCUT2D eigenvalue weighted by molar-refractivity contribution is 0.103. The number of allylic oxidation sites excluding steroid dienone is 1. The molecule has 1 aromatic carbocycles. The minimum absolute atomic E-state index is 0.0860. The van der Waals surface area contributed by atoms with Crippen molar-refractivity contribution in [3.63, 3.8) is 0 Å². The van der Waals surface area contributed by atoms with Crippen molar-refractivity contribution in [2.24, 2.45) is 0 Å². The normalized spacial score (nSPS) is 10.8. The highest BCUT2D eigenvalue weighted by Gasteiger charge is 2.10. The molecule has 0 aliphatic carbocycles. The summed E-state index contributed by atoms with van der Waals surface area (Å²) in [5.74, 6) is -0.407. The molecule has 2 rings (SSSR count). The van der Waals surface area contributed by atoms with Gasteiger partial charge in [0.15, 0.2) is 5.69 Å². The lowest BCUT2D eigenvalue weighted by Crippen LogP contribution is -2.20. The average molecular weight is 283 g/mol. The molecule has 0 fully saturated rings. The largest absolute Gasteiger partial charge is 0.383 e. The minimum atomic E-state index is -0.407. The summed E-state index contributed by atoms with van der Waals surface area (Å²) in [7, 11) is 3.60. The van der Waals surface area contributed by atoms with Gasteiger partial charge in [-0.15, -0.1) is 0 Å². The molecule has 5 heteroatoms. The van der Waals surface area contributed by atoms with Gasteiger partial charge in [0.25, 0.3) is 0 Å². The maximum absolute atomic E-state index is 12.0. The van der Waals surface area contributed by atoms with Gasteiger partial charge in [-0.25, -0.2) is 4.68 Å². The first-order valence-corrected chi connectivity index (χ1v) is 6.53. The van der Waals surface area contributed by atoms with Crippen molar-refractivity contribution in [2.75, 3.05) is 14.1 Å². The summed E-state index contributed by atoms with van der Waals surface area (Å²) in [5, 5.41) is 4.15. The van der Waals surface area contributed by atoms with Crippen molar-refractivity contribution in [1.82, 2.24) is 14.7 Å². The lowest BCUT2D eigenvalue weighted by Gasteiger charge is -2.07. The van der Waals surface area contributed by atoms with Crippen LogP contribution in [0.2, 0.25) is 0 Å². The van der Waals surface area contributed by atoms with Gasteiger partial charge >= 0.3 is 0 Å². The Morgan fingerprint density at radius 3 is 2.71 bits per heavy atom. The number of hydrogen-bond donors (Lipinski definition) is 0. The third-order valence-electron chi connectivity index (χ3n) is 2.83. The zero-order chi connectivity index (χ0) is 15.4. The molecule has 0 aliphatic rings. The number of rotatable bonds is 4. The standard InChI is InChI=1S/C16H17N3O2/c1-12-5-4-6-13(11-12)19-10-8-15(21)16(17-19)14(20)7-9-18(2)3/h4-11H,1-3H3. The van der Waals surface area contributed by atoms with Crippen molar-refractivity contribution >= 4 is 5.78 Å². The summed E-state index contributed by atoms with van der Waals surface area (Å²) < 4.78 is 1.53. The van der Waals surface area contributed by atoms with E-state index in [4.69, 9.17) is 0 Å². The van der Waals surface area contributed by atoms with Crippen LogP contribution in [0.3, 0.4) is 0 Å². The van der Waals surface area contributed by atoms with Gasteiger partial charge in [-0.3, -0.25) is 9.59 Å². The fraction of sp³-hybridized carbons (Fsp3) is 0.188. The molecule has 1 aromatic heterocycles. The molecular weight excluding hydrogens is 266 g/mol. The molecule has 0 saturated carbocycles. The van der Waals surface area contributed by atoms with Crippen LogP contribution in [0.4, 0.5) is 0 Å². The first-order chi connectivity index (χ1) is 9.97. The summed E-state index contributed by atoms with van der Waals surface area (Å²) in [4.78, 5) is 25.6.